The molecule has 2 aliphatic rings. The average Bonchev–Trinajstić information content (AvgIpc) is 3.78. The Balaban J connectivity index is 1.20. The fourth-order valence-corrected chi connectivity index (χ4v) is 9.72. The lowest BCUT2D eigenvalue weighted by Gasteiger charge is -2.30. The van der Waals surface area contributed by atoms with Crippen molar-refractivity contribution < 1.29 is 4.42 Å². The summed E-state index contributed by atoms with van der Waals surface area (Å²) in [7, 11) is 0. The van der Waals surface area contributed by atoms with Crippen molar-refractivity contribution >= 4 is 49.8 Å². The zero-order valence-electron chi connectivity index (χ0n) is 30.9. The van der Waals surface area contributed by atoms with Crippen LogP contribution in [-0.2, 0) is 10.8 Å². The summed E-state index contributed by atoms with van der Waals surface area (Å²) in [6, 6.07) is 60.3. The summed E-state index contributed by atoms with van der Waals surface area (Å²) >= 11 is 0. The zero-order valence-corrected chi connectivity index (χ0v) is 30.9. The Morgan fingerprint density at radius 2 is 0.852 bits per heavy atom. The van der Waals surface area contributed by atoms with E-state index in [1.165, 1.54) is 44.5 Å². The van der Waals surface area contributed by atoms with Crippen molar-refractivity contribution in [3.05, 3.63) is 186 Å². The number of hydrogen-bond donors (Lipinski definition) is 0. The second-order valence-electron chi connectivity index (χ2n) is 16.1. The van der Waals surface area contributed by atoms with E-state index in [0.29, 0.717) is 0 Å². The van der Waals surface area contributed by atoms with Gasteiger partial charge in [-0.2, -0.15) is 0 Å². The SMILES string of the molecule is CC1(C)c2ccccc2-c2ccc(N(c3ccc4c(c3)C(C)(C)c3ccccc3-4)c3cc4c5cccc(-c6ccccc6)c5oc4c4ccccc34)cc21. The summed E-state index contributed by atoms with van der Waals surface area (Å²) in [6.07, 6.45) is 0. The normalized spacial score (nSPS) is 14.6. The molecule has 0 fully saturated rings. The number of nitrogens with zero attached hydrogens (tertiary/aromatic N) is 1. The van der Waals surface area contributed by atoms with E-state index in [4.69, 9.17) is 4.42 Å². The van der Waals surface area contributed by atoms with E-state index in [9.17, 15) is 0 Å². The maximum atomic E-state index is 6.93. The minimum atomic E-state index is -0.129. The number of hydrogen-bond acceptors (Lipinski definition) is 2. The molecule has 0 saturated heterocycles. The van der Waals surface area contributed by atoms with Gasteiger partial charge in [0, 0.05) is 49.3 Å². The van der Waals surface area contributed by atoms with Crippen LogP contribution in [0, 0.1) is 0 Å². The van der Waals surface area contributed by atoms with Crippen molar-refractivity contribution in [1.29, 1.82) is 0 Å². The third kappa shape index (κ3) is 4.23. The first kappa shape index (κ1) is 31.2. The van der Waals surface area contributed by atoms with E-state index in [1.807, 2.05) is 0 Å². The van der Waals surface area contributed by atoms with Crippen LogP contribution in [0.25, 0.3) is 66.1 Å². The van der Waals surface area contributed by atoms with Gasteiger partial charge >= 0.3 is 0 Å². The molecular formula is C52H39NO. The summed E-state index contributed by atoms with van der Waals surface area (Å²) in [6.45, 7) is 9.46. The van der Waals surface area contributed by atoms with Gasteiger partial charge in [0.1, 0.15) is 11.2 Å². The lowest BCUT2D eigenvalue weighted by molar-refractivity contribution is 0.660. The number of para-hydroxylation sites is 1. The van der Waals surface area contributed by atoms with Crippen molar-refractivity contribution in [2.75, 3.05) is 4.90 Å². The first-order chi connectivity index (χ1) is 26.3. The molecule has 9 aromatic rings. The van der Waals surface area contributed by atoms with Crippen LogP contribution in [-0.4, -0.2) is 0 Å². The summed E-state index contributed by atoms with van der Waals surface area (Å²) in [5.74, 6) is 0. The summed E-state index contributed by atoms with van der Waals surface area (Å²) in [5.41, 5.74) is 18.0. The maximum Gasteiger partial charge on any atom is 0.143 e. The quantitative estimate of drug-likeness (QED) is 0.182. The van der Waals surface area contributed by atoms with Gasteiger partial charge in [0.2, 0.25) is 0 Å². The van der Waals surface area contributed by atoms with Crippen molar-refractivity contribution in [1.82, 2.24) is 0 Å². The van der Waals surface area contributed by atoms with Crippen molar-refractivity contribution in [3.63, 3.8) is 0 Å². The molecule has 2 nitrogen and oxygen atoms in total. The molecule has 1 heterocycles. The van der Waals surface area contributed by atoms with E-state index in [0.717, 1.165) is 60.9 Å². The minimum absolute atomic E-state index is 0.129. The van der Waals surface area contributed by atoms with Crippen molar-refractivity contribution in [3.8, 4) is 33.4 Å². The lowest BCUT2D eigenvalue weighted by atomic mass is 9.82. The first-order valence-corrected chi connectivity index (χ1v) is 19.0. The van der Waals surface area contributed by atoms with Crippen LogP contribution in [0.2, 0.25) is 0 Å². The third-order valence-corrected chi connectivity index (χ3v) is 12.5. The predicted molar refractivity (Wildman–Crippen MR) is 226 cm³/mol. The van der Waals surface area contributed by atoms with E-state index in [-0.39, 0.29) is 10.8 Å². The lowest BCUT2D eigenvalue weighted by Crippen LogP contribution is -2.18. The van der Waals surface area contributed by atoms with Gasteiger partial charge in [0.25, 0.3) is 0 Å². The number of furan rings is 1. The second-order valence-corrected chi connectivity index (χ2v) is 16.1. The number of rotatable bonds is 4. The Kier molecular flexibility index (Phi) is 6.39. The van der Waals surface area contributed by atoms with E-state index < -0.39 is 0 Å². The molecular weight excluding hydrogens is 655 g/mol. The van der Waals surface area contributed by atoms with Crippen LogP contribution < -0.4 is 4.90 Å². The molecule has 2 aliphatic carbocycles. The maximum absolute atomic E-state index is 6.93. The Morgan fingerprint density at radius 1 is 0.370 bits per heavy atom. The molecule has 258 valence electrons. The molecule has 8 aromatic carbocycles. The largest absolute Gasteiger partial charge is 0.455 e. The molecule has 0 aliphatic heterocycles. The van der Waals surface area contributed by atoms with Crippen LogP contribution in [0.15, 0.2) is 168 Å². The van der Waals surface area contributed by atoms with E-state index in [2.05, 4.69) is 196 Å². The van der Waals surface area contributed by atoms with Crippen LogP contribution in [0.4, 0.5) is 17.1 Å². The van der Waals surface area contributed by atoms with Crippen molar-refractivity contribution in [2.45, 2.75) is 38.5 Å². The highest BCUT2D eigenvalue weighted by Gasteiger charge is 2.38. The second kappa shape index (κ2) is 11.1. The van der Waals surface area contributed by atoms with E-state index in [1.54, 1.807) is 0 Å². The average molecular weight is 694 g/mol. The number of anilines is 3. The highest BCUT2D eigenvalue weighted by Crippen LogP contribution is 2.54. The van der Waals surface area contributed by atoms with Crippen LogP contribution in [0.3, 0.4) is 0 Å². The minimum Gasteiger partial charge on any atom is -0.455 e. The Morgan fingerprint density at radius 3 is 1.48 bits per heavy atom. The van der Waals surface area contributed by atoms with Crippen LogP contribution in [0.1, 0.15) is 49.9 Å². The highest BCUT2D eigenvalue weighted by molar-refractivity contribution is 6.21. The number of benzene rings is 8. The Bertz CT molecular complexity index is 2890. The fourth-order valence-electron chi connectivity index (χ4n) is 9.72. The van der Waals surface area contributed by atoms with Gasteiger partial charge in [-0.25, -0.2) is 0 Å². The van der Waals surface area contributed by atoms with Crippen LogP contribution >= 0.6 is 0 Å². The third-order valence-electron chi connectivity index (χ3n) is 12.5. The monoisotopic (exact) mass is 693 g/mol. The molecule has 0 bridgehead atoms. The molecule has 1 aromatic heterocycles. The fraction of sp³-hybridized carbons (Fsp3) is 0.115. The van der Waals surface area contributed by atoms with E-state index >= 15 is 0 Å². The molecule has 0 atom stereocenters. The summed E-state index contributed by atoms with van der Waals surface area (Å²) in [4.78, 5) is 2.50. The van der Waals surface area contributed by atoms with Gasteiger partial charge in [-0.3, -0.25) is 0 Å². The first-order valence-electron chi connectivity index (χ1n) is 19.0. The summed E-state index contributed by atoms with van der Waals surface area (Å²) in [5, 5.41) is 4.49. The van der Waals surface area contributed by atoms with Crippen molar-refractivity contribution in [2.24, 2.45) is 0 Å². The molecule has 0 amide bonds. The molecule has 0 N–H and O–H groups in total. The molecule has 0 saturated carbocycles. The van der Waals surface area contributed by atoms with Gasteiger partial charge in [0.05, 0.1) is 5.69 Å². The standard InChI is InChI=1S/C52H39NO/c1-51(2)44-23-12-10-17-36(44)38-27-25-33(29-46(38)51)53(34-26-28-39-37-18-11-13-24-45(37)52(3,4)47(39)30-34)48-31-43-42-22-14-21-35(32-15-6-5-7-16-32)49(42)54-50(43)41-20-9-8-19-40(41)48/h5-31H,1-4H3. The predicted octanol–water partition coefficient (Wildman–Crippen LogP) is 14.5. The highest BCUT2D eigenvalue weighted by atomic mass is 16.3. The van der Waals surface area contributed by atoms with Gasteiger partial charge < -0.3 is 9.32 Å². The Hall–Kier alpha value is -6.38. The number of fused-ring (bicyclic) bond motifs is 11. The zero-order chi connectivity index (χ0) is 36.3. The van der Waals surface area contributed by atoms with Gasteiger partial charge in [-0.15, -0.1) is 0 Å². The molecule has 0 spiro atoms. The molecule has 2 heteroatoms. The molecule has 0 unspecified atom stereocenters. The summed E-state index contributed by atoms with van der Waals surface area (Å²) < 4.78 is 6.93. The van der Waals surface area contributed by atoms with Gasteiger partial charge in [0.15, 0.2) is 0 Å². The molecule has 0 radical (unpaired) electrons. The smallest absolute Gasteiger partial charge is 0.143 e. The topological polar surface area (TPSA) is 16.4 Å². The molecule has 11 rings (SSSR count). The molecule has 54 heavy (non-hydrogen) atoms. The van der Waals surface area contributed by atoms with Gasteiger partial charge in [-0.1, -0.05) is 161 Å². The van der Waals surface area contributed by atoms with Crippen LogP contribution in [0.5, 0.6) is 0 Å². The van der Waals surface area contributed by atoms with Gasteiger partial charge in [-0.05, 0) is 80.4 Å². The Labute approximate surface area is 315 Å².